The molecule has 0 spiro atoms. The molecule has 5 rings (SSSR count). The van der Waals surface area contributed by atoms with Crippen molar-refractivity contribution >= 4 is 34.3 Å². The van der Waals surface area contributed by atoms with Crippen molar-refractivity contribution in [2.24, 2.45) is 5.92 Å². The molecule has 2 aliphatic heterocycles. The van der Waals surface area contributed by atoms with E-state index in [1.165, 1.54) is 12.3 Å². The first-order chi connectivity index (χ1) is 13.8. The number of benzene rings is 1. The molecule has 3 heterocycles. The fourth-order valence-electron chi connectivity index (χ4n) is 4.93. The van der Waals surface area contributed by atoms with Gasteiger partial charge in [0, 0.05) is 31.7 Å². The average molecular weight is 422 g/mol. The summed E-state index contributed by atoms with van der Waals surface area (Å²) in [6, 6.07) is 1.47. The van der Waals surface area contributed by atoms with E-state index in [4.69, 9.17) is 16.7 Å². The van der Waals surface area contributed by atoms with Crippen molar-refractivity contribution in [3.05, 3.63) is 33.3 Å². The van der Waals surface area contributed by atoms with Crippen molar-refractivity contribution in [2.45, 2.75) is 31.3 Å². The molecular weight excluding hydrogens is 401 g/mol. The number of hydrogen-bond donors (Lipinski definition) is 1. The molecule has 3 aliphatic rings. The molecule has 1 saturated carbocycles. The van der Waals surface area contributed by atoms with E-state index < -0.39 is 17.4 Å². The van der Waals surface area contributed by atoms with Crippen LogP contribution in [0.4, 0.5) is 14.9 Å². The van der Waals surface area contributed by atoms with Crippen molar-refractivity contribution in [3.63, 3.8) is 0 Å². The van der Waals surface area contributed by atoms with Crippen LogP contribution in [0.1, 0.15) is 25.3 Å². The molecule has 7 nitrogen and oxygen atoms in total. The lowest BCUT2D eigenvalue weighted by atomic mass is 10.0. The van der Waals surface area contributed by atoms with E-state index in [1.54, 1.807) is 4.57 Å². The lowest BCUT2D eigenvalue weighted by Gasteiger charge is -2.28. The van der Waals surface area contributed by atoms with Crippen LogP contribution in [0.2, 0.25) is 5.02 Å². The van der Waals surface area contributed by atoms with Gasteiger partial charge in [0.1, 0.15) is 5.82 Å². The maximum Gasteiger partial charge on any atom is 0.511 e. The minimum atomic E-state index is -1.58. The number of hydrogen-bond acceptors (Lipinski definition) is 5. The second kappa shape index (κ2) is 6.60. The topological polar surface area (TPSA) is 75.0 Å². The zero-order valence-corrected chi connectivity index (χ0v) is 16.7. The Labute approximate surface area is 171 Å². The van der Waals surface area contributed by atoms with Crippen LogP contribution < -0.4 is 15.1 Å². The van der Waals surface area contributed by atoms with Gasteiger partial charge in [0.2, 0.25) is 5.43 Å². The summed E-state index contributed by atoms with van der Waals surface area (Å²) in [5.41, 5.74) is 0.109. The Hall–Kier alpha value is -2.32. The molecule has 1 aliphatic carbocycles. The van der Waals surface area contributed by atoms with Gasteiger partial charge in [0.25, 0.3) is 0 Å². The van der Waals surface area contributed by atoms with Crippen LogP contribution in [0.3, 0.4) is 0 Å². The Bertz CT molecular complexity index is 1080. The Morgan fingerprint density at radius 3 is 2.76 bits per heavy atom. The van der Waals surface area contributed by atoms with Crippen LogP contribution in [0, 0.1) is 11.7 Å². The quantitative estimate of drug-likeness (QED) is 0.766. The summed E-state index contributed by atoms with van der Waals surface area (Å²) >= 11 is 6.75. The van der Waals surface area contributed by atoms with Crippen molar-refractivity contribution in [1.29, 1.82) is 0 Å². The van der Waals surface area contributed by atoms with Gasteiger partial charge in [-0.2, -0.15) is 0 Å². The number of nitrogens with zero attached hydrogens (tertiary/aromatic N) is 3. The zero-order valence-electron chi connectivity index (χ0n) is 15.9. The SMILES string of the molecule is CN1CC2CCN(c3c(F)cc4c(=O)c(OC(=O)O)cn(C5CC5)c4c3Cl)C2C1. The van der Waals surface area contributed by atoms with Crippen LogP contribution >= 0.6 is 11.6 Å². The van der Waals surface area contributed by atoms with Crippen LogP contribution in [-0.2, 0) is 0 Å². The molecule has 2 saturated heterocycles. The number of carbonyl (C=O) groups is 1. The number of fused-ring (bicyclic) bond motifs is 2. The van der Waals surface area contributed by atoms with Crippen LogP contribution in [0.25, 0.3) is 10.9 Å². The molecule has 0 bridgehead atoms. The number of pyridine rings is 1. The molecule has 1 N–H and O–H groups in total. The summed E-state index contributed by atoms with van der Waals surface area (Å²) in [4.78, 5) is 28.0. The average Bonchev–Trinajstić information content (AvgIpc) is 3.33. The molecule has 2 aromatic rings. The predicted molar refractivity (Wildman–Crippen MR) is 107 cm³/mol. The summed E-state index contributed by atoms with van der Waals surface area (Å²) in [6.45, 7) is 2.55. The third kappa shape index (κ3) is 2.97. The van der Waals surface area contributed by atoms with E-state index in [9.17, 15) is 9.59 Å². The van der Waals surface area contributed by atoms with Gasteiger partial charge in [-0.1, -0.05) is 11.6 Å². The largest absolute Gasteiger partial charge is 0.511 e. The molecule has 1 aromatic carbocycles. The third-order valence-electron chi connectivity index (χ3n) is 6.31. The monoisotopic (exact) mass is 421 g/mol. The molecule has 29 heavy (non-hydrogen) atoms. The van der Waals surface area contributed by atoms with Gasteiger partial charge in [-0.25, -0.2) is 9.18 Å². The summed E-state index contributed by atoms with van der Waals surface area (Å²) in [6.07, 6.45) is 2.55. The predicted octanol–water partition coefficient (Wildman–Crippen LogP) is 3.33. The second-order valence-electron chi connectivity index (χ2n) is 8.28. The van der Waals surface area contributed by atoms with Gasteiger partial charge in [0.05, 0.1) is 27.8 Å². The molecular formula is C20H21ClFN3O4. The molecule has 9 heteroatoms. The minimum absolute atomic E-state index is 0.0428. The number of likely N-dealkylation sites (N-methyl/N-ethyl adjacent to an activating group) is 1. The van der Waals surface area contributed by atoms with Crippen molar-refractivity contribution < 1.29 is 19.0 Å². The number of ether oxygens (including phenoxy) is 1. The lowest BCUT2D eigenvalue weighted by molar-refractivity contribution is 0.143. The van der Waals surface area contributed by atoms with Crippen LogP contribution in [0.5, 0.6) is 5.75 Å². The van der Waals surface area contributed by atoms with E-state index in [2.05, 4.69) is 16.7 Å². The number of rotatable bonds is 3. The summed E-state index contributed by atoms with van der Waals surface area (Å²) in [7, 11) is 2.06. The second-order valence-corrected chi connectivity index (χ2v) is 8.65. The summed E-state index contributed by atoms with van der Waals surface area (Å²) in [5, 5.41) is 9.18. The van der Waals surface area contributed by atoms with E-state index in [1.807, 2.05) is 4.90 Å². The molecule has 2 unspecified atom stereocenters. The van der Waals surface area contributed by atoms with Crippen molar-refractivity contribution in [2.75, 3.05) is 31.6 Å². The highest BCUT2D eigenvalue weighted by Gasteiger charge is 2.42. The van der Waals surface area contributed by atoms with Gasteiger partial charge in [-0.15, -0.1) is 0 Å². The van der Waals surface area contributed by atoms with Gasteiger partial charge in [-0.3, -0.25) is 4.79 Å². The minimum Gasteiger partial charge on any atom is -0.449 e. The smallest absolute Gasteiger partial charge is 0.449 e. The Kier molecular flexibility index (Phi) is 4.25. The van der Waals surface area contributed by atoms with Gasteiger partial charge in [-0.05, 0) is 38.3 Å². The number of likely N-dealkylation sites (tertiary alicyclic amines) is 1. The number of anilines is 1. The van der Waals surface area contributed by atoms with Crippen LogP contribution in [0.15, 0.2) is 17.1 Å². The summed E-state index contributed by atoms with van der Waals surface area (Å²) in [5.74, 6) is -0.425. The maximum atomic E-state index is 15.3. The van der Waals surface area contributed by atoms with Crippen molar-refractivity contribution in [1.82, 2.24) is 9.47 Å². The molecule has 1 aromatic heterocycles. The van der Waals surface area contributed by atoms with E-state index in [-0.39, 0.29) is 28.2 Å². The fourth-order valence-corrected chi connectivity index (χ4v) is 5.33. The van der Waals surface area contributed by atoms with Crippen molar-refractivity contribution in [3.8, 4) is 5.75 Å². The number of aromatic nitrogens is 1. The van der Waals surface area contributed by atoms with E-state index in [0.29, 0.717) is 17.1 Å². The highest BCUT2D eigenvalue weighted by molar-refractivity contribution is 6.38. The molecule has 154 valence electrons. The fraction of sp³-hybridized carbons (Fsp3) is 0.500. The molecule has 3 fully saturated rings. The Morgan fingerprint density at radius 1 is 1.31 bits per heavy atom. The first-order valence-electron chi connectivity index (χ1n) is 9.78. The summed E-state index contributed by atoms with van der Waals surface area (Å²) < 4.78 is 21.7. The highest BCUT2D eigenvalue weighted by atomic mass is 35.5. The van der Waals surface area contributed by atoms with E-state index >= 15 is 4.39 Å². The normalized spacial score (nSPS) is 24.3. The number of carboxylic acid groups (broad SMARTS) is 1. The first kappa shape index (κ1) is 18.7. The molecule has 0 radical (unpaired) electrons. The Morgan fingerprint density at radius 2 is 2.07 bits per heavy atom. The first-order valence-corrected chi connectivity index (χ1v) is 10.2. The highest BCUT2D eigenvalue weighted by Crippen LogP contribution is 2.45. The van der Waals surface area contributed by atoms with Crippen LogP contribution in [-0.4, -0.2) is 53.5 Å². The molecule has 2 atom stereocenters. The van der Waals surface area contributed by atoms with Gasteiger partial charge < -0.3 is 24.2 Å². The maximum absolute atomic E-state index is 15.3. The Balaban J connectivity index is 1.71. The number of halogens is 2. The third-order valence-corrected chi connectivity index (χ3v) is 6.66. The van der Waals surface area contributed by atoms with Gasteiger partial charge >= 0.3 is 6.16 Å². The molecule has 0 amide bonds. The lowest BCUT2D eigenvalue weighted by Crippen LogP contribution is -2.35. The zero-order chi connectivity index (χ0) is 20.4. The van der Waals surface area contributed by atoms with Gasteiger partial charge in [0.15, 0.2) is 5.75 Å². The standard InChI is InChI=1S/C20H21ClFN3O4/c1-23-7-10-4-5-24(14(10)8-23)18-13(22)6-12-17(16(18)21)25(11-2-3-11)9-15(19(12)26)29-20(27)28/h6,9-11,14H,2-5,7-8H2,1H3,(H,27,28). The van der Waals surface area contributed by atoms with E-state index in [0.717, 1.165) is 38.9 Å².